The van der Waals surface area contributed by atoms with Gasteiger partial charge in [0.15, 0.2) is 5.96 Å². The number of hydrogen-bond donors (Lipinski definition) is 1. The number of rotatable bonds is 8. The van der Waals surface area contributed by atoms with E-state index in [2.05, 4.69) is 72.2 Å². The number of nitrogens with one attached hydrogen (secondary N) is 1. The lowest BCUT2D eigenvalue weighted by Crippen LogP contribution is -2.38. The van der Waals surface area contributed by atoms with Gasteiger partial charge in [0, 0.05) is 39.8 Å². The summed E-state index contributed by atoms with van der Waals surface area (Å²) in [5, 5.41) is 3.44. The van der Waals surface area contributed by atoms with E-state index in [1.807, 2.05) is 0 Å². The molecule has 0 bridgehead atoms. The number of aryl methyl sites for hydroxylation is 1. The molecule has 1 N–H and O–H groups in total. The molecule has 1 heterocycles. The maximum atomic E-state index is 4.86. The third kappa shape index (κ3) is 7.89. The Kier molecular flexibility index (Phi) is 9.64. The molecule has 1 aromatic rings. The molecule has 1 saturated heterocycles. The van der Waals surface area contributed by atoms with Crippen molar-refractivity contribution in [3.05, 3.63) is 35.4 Å². The first kappa shape index (κ1) is 21.7. The molecule has 5 heteroatoms. The Morgan fingerprint density at radius 1 is 1.07 bits per heavy atom. The van der Waals surface area contributed by atoms with Gasteiger partial charge in [0.2, 0.25) is 0 Å². The second-order valence-electron chi connectivity index (χ2n) is 7.61. The number of benzene rings is 1. The highest BCUT2D eigenvalue weighted by molar-refractivity contribution is 5.79. The monoisotopic (exact) mass is 373 g/mol. The van der Waals surface area contributed by atoms with Gasteiger partial charge < -0.3 is 20.0 Å². The van der Waals surface area contributed by atoms with Gasteiger partial charge in [0.1, 0.15) is 0 Å². The molecule has 0 spiro atoms. The van der Waals surface area contributed by atoms with Crippen LogP contribution in [0.15, 0.2) is 29.3 Å². The molecule has 2 rings (SSSR count). The zero-order valence-electron chi connectivity index (χ0n) is 17.9. The Labute approximate surface area is 166 Å². The quantitative estimate of drug-likeness (QED) is 0.432. The molecule has 0 radical (unpaired) electrons. The summed E-state index contributed by atoms with van der Waals surface area (Å²) >= 11 is 0. The Balaban J connectivity index is 1.81. The molecule has 5 nitrogen and oxygen atoms in total. The van der Waals surface area contributed by atoms with Crippen molar-refractivity contribution in [1.29, 1.82) is 0 Å². The highest BCUT2D eigenvalue weighted by Crippen LogP contribution is 2.08. The van der Waals surface area contributed by atoms with E-state index in [0.717, 1.165) is 45.0 Å². The van der Waals surface area contributed by atoms with Crippen molar-refractivity contribution in [3.8, 4) is 0 Å². The van der Waals surface area contributed by atoms with Crippen molar-refractivity contribution < 1.29 is 0 Å². The molecule has 0 amide bonds. The van der Waals surface area contributed by atoms with Gasteiger partial charge in [-0.15, -0.1) is 0 Å². The minimum Gasteiger partial charge on any atom is -0.357 e. The van der Waals surface area contributed by atoms with Crippen molar-refractivity contribution in [3.63, 3.8) is 0 Å². The van der Waals surface area contributed by atoms with Crippen LogP contribution in [0.25, 0.3) is 0 Å². The van der Waals surface area contributed by atoms with E-state index in [1.54, 1.807) is 0 Å². The lowest BCUT2D eigenvalue weighted by molar-refractivity contribution is 0.275. The van der Waals surface area contributed by atoms with Gasteiger partial charge in [-0.2, -0.15) is 0 Å². The van der Waals surface area contributed by atoms with Gasteiger partial charge in [-0.05, 0) is 64.0 Å². The standard InChI is InChI=1S/C22H39N5/c1-5-20-9-11-21(12-10-20)19-26(4)22(23-6-2)24-13-7-15-27-16-8-14-25(3)17-18-27/h9-12H,5-8,13-19H2,1-4H3,(H,23,24). The molecular weight excluding hydrogens is 334 g/mol. The van der Waals surface area contributed by atoms with Crippen LogP contribution < -0.4 is 5.32 Å². The molecular formula is C22H39N5. The van der Waals surface area contributed by atoms with E-state index in [9.17, 15) is 0 Å². The minimum atomic E-state index is 0.883. The second-order valence-corrected chi connectivity index (χ2v) is 7.61. The second kappa shape index (κ2) is 12.0. The Morgan fingerprint density at radius 2 is 1.81 bits per heavy atom. The third-order valence-electron chi connectivity index (χ3n) is 5.25. The number of hydrogen-bond acceptors (Lipinski definition) is 3. The summed E-state index contributed by atoms with van der Waals surface area (Å²) in [7, 11) is 4.35. The largest absolute Gasteiger partial charge is 0.357 e. The van der Waals surface area contributed by atoms with Gasteiger partial charge in [-0.1, -0.05) is 31.2 Å². The molecule has 0 aromatic heterocycles. The minimum absolute atomic E-state index is 0.883. The first-order valence-corrected chi connectivity index (χ1v) is 10.6. The molecule has 0 unspecified atom stereocenters. The summed E-state index contributed by atoms with van der Waals surface area (Å²) in [6.07, 6.45) is 3.49. The van der Waals surface area contributed by atoms with Gasteiger partial charge in [0.05, 0.1) is 0 Å². The van der Waals surface area contributed by atoms with Crippen molar-refractivity contribution >= 4 is 5.96 Å². The molecule has 152 valence electrons. The molecule has 1 fully saturated rings. The van der Waals surface area contributed by atoms with Crippen LogP contribution in [0.3, 0.4) is 0 Å². The normalized spacial score (nSPS) is 17.0. The van der Waals surface area contributed by atoms with Crippen molar-refractivity contribution in [2.24, 2.45) is 4.99 Å². The summed E-state index contributed by atoms with van der Waals surface area (Å²) in [6.45, 7) is 13.0. The first-order valence-electron chi connectivity index (χ1n) is 10.6. The van der Waals surface area contributed by atoms with E-state index in [-0.39, 0.29) is 0 Å². The lowest BCUT2D eigenvalue weighted by Gasteiger charge is -2.23. The maximum Gasteiger partial charge on any atom is 0.193 e. The van der Waals surface area contributed by atoms with E-state index in [4.69, 9.17) is 4.99 Å². The van der Waals surface area contributed by atoms with Crippen LogP contribution in [0.1, 0.15) is 37.8 Å². The van der Waals surface area contributed by atoms with E-state index >= 15 is 0 Å². The van der Waals surface area contributed by atoms with Crippen LogP contribution in [-0.2, 0) is 13.0 Å². The number of nitrogens with zero attached hydrogens (tertiary/aromatic N) is 4. The van der Waals surface area contributed by atoms with E-state index in [0.29, 0.717) is 0 Å². The fraction of sp³-hybridized carbons (Fsp3) is 0.682. The zero-order valence-corrected chi connectivity index (χ0v) is 17.9. The van der Waals surface area contributed by atoms with Crippen molar-refractivity contribution in [1.82, 2.24) is 20.0 Å². The topological polar surface area (TPSA) is 34.1 Å². The fourth-order valence-corrected chi connectivity index (χ4v) is 3.50. The summed E-state index contributed by atoms with van der Waals surface area (Å²) < 4.78 is 0. The predicted octanol–water partition coefficient (Wildman–Crippen LogP) is 2.67. The molecule has 0 aliphatic carbocycles. The third-order valence-corrected chi connectivity index (χ3v) is 5.25. The van der Waals surface area contributed by atoms with Crippen LogP contribution in [-0.4, -0.2) is 80.6 Å². The van der Waals surface area contributed by atoms with Crippen LogP contribution in [0.4, 0.5) is 0 Å². The SMILES string of the molecule is CCNC(=NCCCN1CCCN(C)CC1)N(C)Cc1ccc(CC)cc1. The first-order chi connectivity index (χ1) is 13.1. The van der Waals surface area contributed by atoms with Crippen LogP contribution in [0, 0.1) is 0 Å². The van der Waals surface area contributed by atoms with Crippen molar-refractivity contribution in [2.45, 2.75) is 39.7 Å². The molecule has 0 atom stereocenters. The van der Waals surface area contributed by atoms with E-state index in [1.165, 1.54) is 43.7 Å². The molecule has 1 aliphatic heterocycles. The molecule has 1 aromatic carbocycles. The summed E-state index contributed by atoms with van der Waals surface area (Å²) in [5.74, 6) is 1.01. The smallest absolute Gasteiger partial charge is 0.193 e. The average Bonchev–Trinajstić information content (AvgIpc) is 2.89. The molecule has 1 aliphatic rings. The van der Waals surface area contributed by atoms with Crippen LogP contribution in [0.5, 0.6) is 0 Å². The van der Waals surface area contributed by atoms with Gasteiger partial charge in [0.25, 0.3) is 0 Å². The van der Waals surface area contributed by atoms with E-state index < -0.39 is 0 Å². The number of guanidine groups is 1. The number of aliphatic imine (C=N–C) groups is 1. The van der Waals surface area contributed by atoms with Crippen LogP contribution >= 0.6 is 0 Å². The highest BCUT2D eigenvalue weighted by Gasteiger charge is 2.11. The van der Waals surface area contributed by atoms with Gasteiger partial charge in [-0.25, -0.2) is 0 Å². The summed E-state index contributed by atoms with van der Waals surface area (Å²) in [5.41, 5.74) is 2.72. The van der Waals surface area contributed by atoms with Crippen LogP contribution in [0.2, 0.25) is 0 Å². The molecule has 27 heavy (non-hydrogen) atoms. The van der Waals surface area contributed by atoms with Gasteiger partial charge >= 0.3 is 0 Å². The lowest BCUT2D eigenvalue weighted by atomic mass is 10.1. The average molecular weight is 374 g/mol. The summed E-state index contributed by atoms with van der Waals surface area (Å²) in [6, 6.07) is 8.92. The zero-order chi connectivity index (χ0) is 19.5. The van der Waals surface area contributed by atoms with Gasteiger partial charge in [-0.3, -0.25) is 4.99 Å². The Bertz CT molecular complexity index is 554. The number of likely N-dealkylation sites (N-methyl/N-ethyl adjacent to an activating group) is 1. The molecule has 0 saturated carbocycles. The predicted molar refractivity (Wildman–Crippen MR) is 116 cm³/mol. The van der Waals surface area contributed by atoms with Crippen molar-refractivity contribution in [2.75, 3.05) is 59.9 Å². The maximum absolute atomic E-state index is 4.86. The summed E-state index contributed by atoms with van der Waals surface area (Å²) in [4.78, 5) is 12.1. The Morgan fingerprint density at radius 3 is 2.52 bits per heavy atom. The highest BCUT2D eigenvalue weighted by atomic mass is 15.3. The Hall–Kier alpha value is -1.59. The fourth-order valence-electron chi connectivity index (χ4n) is 3.50.